The predicted octanol–water partition coefficient (Wildman–Crippen LogP) is 2.40. The van der Waals surface area contributed by atoms with E-state index in [0.29, 0.717) is 4.47 Å². The van der Waals surface area contributed by atoms with Crippen molar-refractivity contribution >= 4 is 22.1 Å². The molecule has 0 aromatic heterocycles. The Morgan fingerprint density at radius 3 is 2.82 bits per heavy atom. The highest BCUT2D eigenvalue weighted by Gasteiger charge is 2.02. The molecule has 1 N–H and O–H groups in total. The molecule has 1 rings (SSSR count). The van der Waals surface area contributed by atoms with Gasteiger partial charge in [-0.15, -0.1) is 0 Å². The van der Waals surface area contributed by atoms with Gasteiger partial charge < -0.3 is 5.21 Å². The van der Waals surface area contributed by atoms with E-state index < -0.39 is 5.82 Å². The highest BCUT2D eigenvalue weighted by molar-refractivity contribution is 9.10. The van der Waals surface area contributed by atoms with Crippen molar-refractivity contribution in [1.29, 1.82) is 0 Å². The molecule has 0 aliphatic carbocycles. The molecular weight excluding hydrogens is 213 g/mol. The Labute approximate surface area is 71.5 Å². The Bertz CT molecular complexity index is 268. The van der Waals surface area contributed by atoms with Crippen LogP contribution >= 0.6 is 15.9 Å². The molecule has 0 radical (unpaired) electrons. The van der Waals surface area contributed by atoms with Gasteiger partial charge in [0.25, 0.3) is 0 Å². The first-order chi connectivity index (χ1) is 5.25. The number of hydrogen-bond donors (Lipinski definition) is 1. The lowest BCUT2D eigenvalue weighted by molar-refractivity contribution is 0.321. The first-order valence-corrected chi connectivity index (χ1v) is 3.66. The molecule has 0 aliphatic heterocycles. The van der Waals surface area contributed by atoms with Gasteiger partial charge in [-0.05, 0) is 12.1 Å². The molecule has 0 aliphatic rings. The highest BCUT2D eigenvalue weighted by Crippen LogP contribution is 2.17. The molecule has 0 atom stereocenters. The maximum Gasteiger partial charge on any atom is 0.133 e. The molecule has 4 heteroatoms. The van der Waals surface area contributed by atoms with Crippen LogP contribution in [-0.2, 0) is 0 Å². The molecule has 0 fully saturated rings. The fourth-order valence-electron chi connectivity index (χ4n) is 0.692. The third-order valence-corrected chi connectivity index (χ3v) is 1.88. The molecular formula is C7H5BrFNO. The predicted molar refractivity (Wildman–Crippen MR) is 43.5 cm³/mol. The second kappa shape index (κ2) is 3.48. The van der Waals surface area contributed by atoms with E-state index in [-0.39, 0.29) is 5.56 Å². The molecule has 0 amide bonds. The van der Waals surface area contributed by atoms with Gasteiger partial charge in [-0.2, -0.15) is 0 Å². The lowest BCUT2D eigenvalue weighted by atomic mass is 10.2. The average molecular weight is 218 g/mol. The lowest BCUT2D eigenvalue weighted by Crippen LogP contribution is -1.88. The Morgan fingerprint density at radius 1 is 1.55 bits per heavy atom. The van der Waals surface area contributed by atoms with Crippen molar-refractivity contribution in [2.75, 3.05) is 0 Å². The van der Waals surface area contributed by atoms with E-state index in [1.165, 1.54) is 6.07 Å². The third-order valence-electron chi connectivity index (χ3n) is 1.19. The first kappa shape index (κ1) is 8.20. The molecule has 1 aromatic carbocycles. The molecule has 11 heavy (non-hydrogen) atoms. The fraction of sp³-hybridized carbons (Fsp3) is 0. The van der Waals surface area contributed by atoms with Crippen LogP contribution < -0.4 is 0 Å². The van der Waals surface area contributed by atoms with E-state index in [1.54, 1.807) is 12.1 Å². The number of benzene rings is 1. The van der Waals surface area contributed by atoms with E-state index in [1.807, 2.05) is 0 Å². The van der Waals surface area contributed by atoms with Gasteiger partial charge in [0, 0.05) is 10.0 Å². The standard InChI is InChI=1S/C7H5BrFNO/c8-6-2-1-3-7(9)5(6)4-10-11/h1-4,11H/b10-4+. The van der Waals surface area contributed by atoms with E-state index in [2.05, 4.69) is 21.1 Å². The van der Waals surface area contributed by atoms with Gasteiger partial charge in [0.1, 0.15) is 5.82 Å². The smallest absolute Gasteiger partial charge is 0.133 e. The van der Waals surface area contributed by atoms with Crippen LogP contribution in [0.2, 0.25) is 0 Å². The Morgan fingerprint density at radius 2 is 2.27 bits per heavy atom. The largest absolute Gasteiger partial charge is 0.411 e. The van der Waals surface area contributed by atoms with E-state index in [9.17, 15) is 4.39 Å². The molecule has 1 aromatic rings. The van der Waals surface area contributed by atoms with Crippen LogP contribution in [0, 0.1) is 5.82 Å². The zero-order chi connectivity index (χ0) is 8.27. The summed E-state index contributed by atoms with van der Waals surface area (Å²) in [5.41, 5.74) is 0.245. The molecule has 2 nitrogen and oxygen atoms in total. The van der Waals surface area contributed by atoms with Crippen molar-refractivity contribution in [3.8, 4) is 0 Å². The van der Waals surface area contributed by atoms with E-state index in [4.69, 9.17) is 5.21 Å². The van der Waals surface area contributed by atoms with Crippen LogP contribution in [-0.4, -0.2) is 11.4 Å². The molecule has 0 heterocycles. The Hall–Kier alpha value is -0.900. The van der Waals surface area contributed by atoms with Crippen LogP contribution in [0.3, 0.4) is 0 Å². The highest BCUT2D eigenvalue weighted by atomic mass is 79.9. The van der Waals surface area contributed by atoms with Gasteiger partial charge in [0.15, 0.2) is 0 Å². The van der Waals surface area contributed by atoms with Crippen molar-refractivity contribution < 1.29 is 9.60 Å². The molecule has 0 unspecified atom stereocenters. The zero-order valence-corrected chi connectivity index (χ0v) is 7.05. The molecule has 0 bridgehead atoms. The van der Waals surface area contributed by atoms with Crippen LogP contribution in [0.25, 0.3) is 0 Å². The summed E-state index contributed by atoms with van der Waals surface area (Å²) in [6.45, 7) is 0. The summed E-state index contributed by atoms with van der Waals surface area (Å²) < 4.78 is 13.4. The second-order valence-corrected chi connectivity index (χ2v) is 2.73. The van der Waals surface area contributed by atoms with Crippen molar-refractivity contribution in [2.45, 2.75) is 0 Å². The van der Waals surface area contributed by atoms with Crippen molar-refractivity contribution in [3.05, 3.63) is 34.1 Å². The molecule has 58 valence electrons. The molecule has 0 saturated heterocycles. The minimum atomic E-state index is -0.419. The van der Waals surface area contributed by atoms with Crippen LogP contribution in [0.1, 0.15) is 5.56 Å². The van der Waals surface area contributed by atoms with E-state index in [0.717, 1.165) is 6.21 Å². The van der Waals surface area contributed by atoms with Crippen LogP contribution in [0.5, 0.6) is 0 Å². The quantitative estimate of drug-likeness (QED) is 0.438. The average Bonchev–Trinajstić information content (AvgIpc) is 1.97. The maximum absolute atomic E-state index is 12.8. The number of nitrogens with zero attached hydrogens (tertiary/aromatic N) is 1. The van der Waals surface area contributed by atoms with Crippen LogP contribution in [0.4, 0.5) is 4.39 Å². The minimum absolute atomic E-state index is 0.245. The van der Waals surface area contributed by atoms with Gasteiger partial charge in [0.05, 0.1) is 6.21 Å². The first-order valence-electron chi connectivity index (χ1n) is 2.87. The van der Waals surface area contributed by atoms with Crippen molar-refractivity contribution in [3.63, 3.8) is 0 Å². The van der Waals surface area contributed by atoms with Gasteiger partial charge in [0.2, 0.25) is 0 Å². The Kier molecular flexibility index (Phi) is 2.59. The Balaban J connectivity index is 3.20. The number of oxime groups is 1. The molecule has 0 spiro atoms. The third kappa shape index (κ3) is 1.77. The van der Waals surface area contributed by atoms with Gasteiger partial charge in [-0.1, -0.05) is 27.2 Å². The maximum atomic E-state index is 12.8. The van der Waals surface area contributed by atoms with Crippen LogP contribution in [0.15, 0.2) is 27.8 Å². The number of rotatable bonds is 1. The fourth-order valence-corrected chi connectivity index (χ4v) is 1.14. The van der Waals surface area contributed by atoms with Gasteiger partial charge in [-0.3, -0.25) is 0 Å². The van der Waals surface area contributed by atoms with E-state index >= 15 is 0 Å². The summed E-state index contributed by atoms with van der Waals surface area (Å²) in [7, 11) is 0. The van der Waals surface area contributed by atoms with Gasteiger partial charge in [-0.25, -0.2) is 4.39 Å². The van der Waals surface area contributed by atoms with Crippen molar-refractivity contribution in [2.24, 2.45) is 5.16 Å². The normalized spacial score (nSPS) is 10.7. The lowest BCUT2D eigenvalue weighted by Gasteiger charge is -1.96. The monoisotopic (exact) mass is 217 g/mol. The zero-order valence-electron chi connectivity index (χ0n) is 5.46. The second-order valence-electron chi connectivity index (χ2n) is 1.88. The summed E-state index contributed by atoms with van der Waals surface area (Å²) in [5.74, 6) is -0.419. The number of halogens is 2. The molecule has 0 saturated carbocycles. The van der Waals surface area contributed by atoms with Crippen molar-refractivity contribution in [1.82, 2.24) is 0 Å². The number of hydrogen-bond acceptors (Lipinski definition) is 2. The topological polar surface area (TPSA) is 32.6 Å². The van der Waals surface area contributed by atoms with Gasteiger partial charge >= 0.3 is 0 Å². The summed E-state index contributed by atoms with van der Waals surface area (Å²) >= 11 is 3.11. The minimum Gasteiger partial charge on any atom is -0.411 e. The summed E-state index contributed by atoms with van der Waals surface area (Å²) in [6.07, 6.45) is 1.04. The summed E-state index contributed by atoms with van der Waals surface area (Å²) in [4.78, 5) is 0. The SMILES string of the molecule is O/N=C/c1c(F)cccc1Br. The summed E-state index contributed by atoms with van der Waals surface area (Å²) in [6, 6.07) is 4.52. The summed E-state index contributed by atoms with van der Waals surface area (Å²) in [5, 5.41) is 10.9.